The molecule has 0 saturated heterocycles. The quantitative estimate of drug-likeness (QED) is 0.865. The van der Waals surface area contributed by atoms with E-state index >= 15 is 0 Å². The molecule has 95 valence electrons. The summed E-state index contributed by atoms with van der Waals surface area (Å²) in [6.45, 7) is 0. The summed E-state index contributed by atoms with van der Waals surface area (Å²) in [5.41, 5.74) is -0.0378. The van der Waals surface area contributed by atoms with E-state index < -0.39 is 26.8 Å². The first kappa shape index (κ1) is 12.6. The number of rotatable bonds is 3. The lowest BCUT2D eigenvalue weighted by Gasteiger charge is -2.06. The fourth-order valence-electron chi connectivity index (χ4n) is 1.35. The van der Waals surface area contributed by atoms with Crippen LogP contribution >= 0.6 is 0 Å². The van der Waals surface area contributed by atoms with Crippen LogP contribution in [0.1, 0.15) is 17.6 Å². The fraction of sp³-hybridized carbons (Fsp3) is 0.111. The van der Waals surface area contributed by atoms with Crippen molar-refractivity contribution in [2.24, 2.45) is 5.14 Å². The second-order valence-electron chi connectivity index (χ2n) is 3.39. The largest absolute Gasteiger partial charge is 0.336 e. The second-order valence-corrected chi connectivity index (χ2v) is 4.92. The van der Waals surface area contributed by atoms with Crippen LogP contribution in [0.2, 0.25) is 0 Å². The van der Waals surface area contributed by atoms with Crippen LogP contribution in [0.3, 0.4) is 0 Å². The van der Waals surface area contributed by atoms with E-state index in [0.717, 1.165) is 24.5 Å². The Morgan fingerprint density at radius 1 is 1.39 bits per heavy atom. The van der Waals surface area contributed by atoms with Crippen molar-refractivity contribution in [1.29, 1.82) is 0 Å². The molecule has 9 heteroatoms. The van der Waals surface area contributed by atoms with Crippen LogP contribution < -0.4 is 5.14 Å². The topological polar surface area (TPSA) is 119 Å². The van der Waals surface area contributed by atoms with Crippen LogP contribution in [0, 0.1) is 5.82 Å². The molecule has 0 saturated carbocycles. The van der Waals surface area contributed by atoms with Crippen LogP contribution in [0.25, 0.3) is 0 Å². The molecule has 2 N–H and O–H groups in total. The zero-order valence-corrected chi connectivity index (χ0v) is 9.59. The van der Waals surface area contributed by atoms with E-state index in [0.29, 0.717) is 0 Å². The van der Waals surface area contributed by atoms with E-state index in [1.54, 1.807) is 0 Å². The Kier molecular flexibility index (Phi) is 3.11. The van der Waals surface area contributed by atoms with Gasteiger partial charge in [-0.2, -0.15) is 4.98 Å². The number of hydrogen-bond acceptors (Lipinski definition) is 5. The first-order chi connectivity index (χ1) is 8.39. The summed E-state index contributed by atoms with van der Waals surface area (Å²) in [7, 11) is -4.16. The third-order valence-corrected chi connectivity index (χ3v) is 3.11. The van der Waals surface area contributed by atoms with Gasteiger partial charge >= 0.3 is 0 Å². The van der Waals surface area contributed by atoms with Gasteiger partial charge in [0.05, 0.1) is 0 Å². The summed E-state index contributed by atoms with van der Waals surface area (Å²) in [5, 5.41) is 19.8. The molecule has 0 spiro atoms. The first-order valence-corrected chi connectivity index (χ1v) is 6.19. The SMILES string of the molecule is NS(=O)(=O)c1ccc(C([O])c2ncno2)cc1F. The van der Waals surface area contributed by atoms with Crippen molar-refractivity contribution < 1.29 is 22.4 Å². The zero-order chi connectivity index (χ0) is 13.3. The van der Waals surface area contributed by atoms with Crippen LogP contribution in [0.15, 0.2) is 33.9 Å². The van der Waals surface area contributed by atoms with Gasteiger partial charge in [-0.1, -0.05) is 11.2 Å². The van der Waals surface area contributed by atoms with Crippen LogP contribution in [0.4, 0.5) is 4.39 Å². The lowest BCUT2D eigenvalue weighted by molar-refractivity contribution is 0.0915. The van der Waals surface area contributed by atoms with E-state index in [-0.39, 0.29) is 11.5 Å². The van der Waals surface area contributed by atoms with Crippen molar-refractivity contribution in [1.82, 2.24) is 10.1 Å². The highest BCUT2D eigenvalue weighted by atomic mass is 32.2. The Morgan fingerprint density at radius 3 is 2.61 bits per heavy atom. The molecule has 1 unspecified atom stereocenters. The minimum Gasteiger partial charge on any atom is -0.336 e. The highest BCUT2D eigenvalue weighted by Crippen LogP contribution is 2.23. The number of halogens is 1. The second kappa shape index (κ2) is 4.44. The molecule has 2 rings (SSSR count). The van der Waals surface area contributed by atoms with Gasteiger partial charge in [-0.25, -0.2) is 23.1 Å². The van der Waals surface area contributed by atoms with E-state index in [1.807, 2.05) is 0 Å². The molecule has 0 aliphatic rings. The minimum absolute atomic E-state index is 0.0378. The number of nitrogens with two attached hydrogens (primary N) is 1. The fourth-order valence-corrected chi connectivity index (χ4v) is 1.94. The molecule has 0 amide bonds. The van der Waals surface area contributed by atoms with Crippen molar-refractivity contribution in [3.05, 3.63) is 41.8 Å². The molecule has 1 aromatic heterocycles. The molecule has 1 atom stereocenters. The van der Waals surface area contributed by atoms with Gasteiger partial charge in [0.1, 0.15) is 10.7 Å². The maximum Gasteiger partial charge on any atom is 0.263 e. The number of nitrogens with zero attached hydrogens (tertiary/aromatic N) is 2. The Morgan fingerprint density at radius 2 is 2.11 bits per heavy atom. The van der Waals surface area contributed by atoms with Gasteiger partial charge in [-0.05, 0) is 17.7 Å². The van der Waals surface area contributed by atoms with Gasteiger partial charge in [0.15, 0.2) is 12.4 Å². The summed E-state index contributed by atoms with van der Waals surface area (Å²) in [5.74, 6) is -1.34. The van der Waals surface area contributed by atoms with E-state index in [2.05, 4.69) is 14.7 Å². The van der Waals surface area contributed by atoms with E-state index in [1.165, 1.54) is 0 Å². The van der Waals surface area contributed by atoms with Gasteiger partial charge < -0.3 is 4.52 Å². The first-order valence-electron chi connectivity index (χ1n) is 4.64. The molecule has 1 radical (unpaired) electrons. The normalized spacial score (nSPS) is 13.5. The number of sulfonamides is 1. The number of benzene rings is 1. The lowest BCUT2D eigenvalue weighted by atomic mass is 10.1. The highest BCUT2D eigenvalue weighted by molar-refractivity contribution is 7.89. The zero-order valence-electron chi connectivity index (χ0n) is 8.78. The van der Waals surface area contributed by atoms with Crippen molar-refractivity contribution in [2.45, 2.75) is 11.0 Å². The monoisotopic (exact) mass is 272 g/mol. The molecule has 1 aromatic carbocycles. The molecular weight excluding hydrogens is 265 g/mol. The average molecular weight is 272 g/mol. The van der Waals surface area contributed by atoms with Crippen LogP contribution in [-0.2, 0) is 15.1 Å². The standard InChI is InChI=1S/C9H7FN3O4S/c10-6-3-5(1-2-7(6)18(11,15)16)8(14)9-12-4-13-17-9/h1-4,8H,(H2,11,15,16). The molecular formula is C9H7FN3O4S. The molecule has 0 fully saturated rings. The Bertz CT molecular complexity index is 656. The van der Waals surface area contributed by atoms with E-state index in [4.69, 9.17) is 5.14 Å². The summed E-state index contributed by atoms with van der Waals surface area (Å²) < 4.78 is 40.0. The predicted octanol–water partition coefficient (Wildman–Crippen LogP) is 0.376. The van der Waals surface area contributed by atoms with Crippen molar-refractivity contribution in [3.63, 3.8) is 0 Å². The lowest BCUT2D eigenvalue weighted by Crippen LogP contribution is -2.14. The van der Waals surface area contributed by atoms with Crippen molar-refractivity contribution in [2.75, 3.05) is 0 Å². The van der Waals surface area contributed by atoms with Crippen LogP contribution in [0.5, 0.6) is 0 Å². The molecule has 0 aliphatic carbocycles. The Hall–Kier alpha value is -1.84. The molecule has 1 heterocycles. The smallest absolute Gasteiger partial charge is 0.263 e. The van der Waals surface area contributed by atoms with Crippen LogP contribution in [-0.4, -0.2) is 18.6 Å². The third kappa shape index (κ3) is 2.37. The van der Waals surface area contributed by atoms with Crippen molar-refractivity contribution in [3.8, 4) is 0 Å². The molecule has 0 aliphatic heterocycles. The summed E-state index contributed by atoms with van der Waals surface area (Å²) in [4.78, 5) is 2.86. The van der Waals surface area contributed by atoms with Gasteiger partial charge in [0.2, 0.25) is 10.0 Å². The summed E-state index contributed by atoms with van der Waals surface area (Å²) >= 11 is 0. The Labute approximate surface area is 101 Å². The van der Waals surface area contributed by atoms with Gasteiger partial charge in [-0.3, -0.25) is 0 Å². The Balaban J connectivity index is 2.41. The molecule has 0 bridgehead atoms. The number of primary sulfonamides is 1. The minimum atomic E-state index is -4.16. The number of hydrogen-bond donors (Lipinski definition) is 1. The van der Waals surface area contributed by atoms with Gasteiger partial charge in [-0.15, -0.1) is 0 Å². The van der Waals surface area contributed by atoms with Gasteiger partial charge in [0.25, 0.3) is 5.89 Å². The van der Waals surface area contributed by atoms with Crippen molar-refractivity contribution >= 4 is 10.0 Å². The van der Waals surface area contributed by atoms with Gasteiger partial charge in [0, 0.05) is 0 Å². The maximum absolute atomic E-state index is 13.5. The molecule has 2 aromatic rings. The highest BCUT2D eigenvalue weighted by Gasteiger charge is 2.21. The molecule has 7 nitrogen and oxygen atoms in total. The predicted molar refractivity (Wildman–Crippen MR) is 54.6 cm³/mol. The third-order valence-electron chi connectivity index (χ3n) is 2.17. The maximum atomic E-state index is 13.5. The summed E-state index contributed by atoms with van der Waals surface area (Å²) in [6, 6.07) is 2.84. The molecule has 18 heavy (non-hydrogen) atoms. The average Bonchev–Trinajstić information content (AvgIpc) is 2.79. The van der Waals surface area contributed by atoms with E-state index in [9.17, 15) is 17.9 Å². The summed E-state index contributed by atoms with van der Waals surface area (Å²) in [6.07, 6.45) is -0.550. The number of aromatic nitrogens is 2.